The average molecular weight is 305 g/mol. The molecule has 0 atom stereocenters. The van der Waals surface area contributed by atoms with Crippen LogP contribution in [0.5, 0.6) is 0 Å². The number of carboxylic acid groups (broad SMARTS) is 1. The normalized spacial score (nSPS) is 10.4. The van der Waals surface area contributed by atoms with E-state index in [1.807, 2.05) is 30.0 Å². The van der Waals surface area contributed by atoms with Gasteiger partial charge in [0.2, 0.25) is 0 Å². The number of rotatable bonds is 6. The van der Waals surface area contributed by atoms with Gasteiger partial charge >= 0.3 is 5.97 Å². The highest BCUT2D eigenvalue weighted by molar-refractivity contribution is 7.98. The number of aromatic nitrogens is 1. The second kappa shape index (κ2) is 6.72. The molecule has 3 nitrogen and oxygen atoms in total. The van der Waals surface area contributed by atoms with Gasteiger partial charge in [-0.3, -0.25) is 0 Å². The minimum Gasteiger partial charge on any atom is -0.477 e. The standard InChI is InChI=1S/C15H15NO2S2/c1-3-8-19-9-11-4-6-12(7-5-11)14-16-10(2)13(20-14)15(17)18/h3-7H,1,8-9H2,2H3,(H,17,18). The summed E-state index contributed by atoms with van der Waals surface area (Å²) >= 11 is 3.03. The summed E-state index contributed by atoms with van der Waals surface area (Å²) in [5.41, 5.74) is 2.78. The first-order chi connectivity index (χ1) is 9.61. The van der Waals surface area contributed by atoms with Crippen LogP contribution in [-0.2, 0) is 5.75 Å². The van der Waals surface area contributed by atoms with Gasteiger partial charge in [-0.1, -0.05) is 30.3 Å². The highest BCUT2D eigenvalue weighted by atomic mass is 32.2. The molecule has 1 aromatic carbocycles. The van der Waals surface area contributed by atoms with E-state index in [0.29, 0.717) is 10.6 Å². The third-order valence-corrected chi connectivity index (χ3v) is 4.90. The van der Waals surface area contributed by atoms with Gasteiger partial charge in [0.05, 0.1) is 5.69 Å². The van der Waals surface area contributed by atoms with E-state index >= 15 is 0 Å². The Morgan fingerprint density at radius 3 is 2.70 bits per heavy atom. The molecule has 104 valence electrons. The Labute approximate surface area is 126 Å². The number of nitrogens with zero attached hydrogens (tertiary/aromatic N) is 1. The SMILES string of the molecule is C=CCSCc1ccc(-c2nc(C)c(C(=O)O)s2)cc1. The molecule has 0 saturated carbocycles. The average Bonchev–Trinajstić information content (AvgIpc) is 2.82. The van der Waals surface area contributed by atoms with Crippen LogP contribution in [0.2, 0.25) is 0 Å². The van der Waals surface area contributed by atoms with Gasteiger partial charge in [-0.15, -0.1) is 17.9 Å². The Hall–Kier alpha value is -1.59. The van der Waals surface area contributed by atoms with E-state index in [1.165, 1.54) is 16.9 Å². The molecule has 0 spiro atoms. The molecule has 0 amide bonds. The van der Waals surface area contributed by atoms with E-state index in [-0.39, 0.29) is 0 Å². The van der Waals surface area contributed by atoms with Crippen molar-refractivity contribution in [2.75, 3.05) is 5.75 Å². The number of carboxylic acids is 1. The van der Waals surface area contributed by atoms with Gasteiger partial charge in [-0.25, -0.2) is 9.78 Å². The molecule has 1 heterocycles. The number of aromatic carboxylic acids is 1. The first-order valence-electron chi connectivity index (χ1n) is 6.10. The van der Waals surface area contributed by atoms with Crippen LogP contribution in [0.4, 0.5) is 0 Å². The third kappa shape index (κ3) is 3.49. The fourth-order valence-corrected chi connectivity index (χ4v) is 3.35. The molecule has 1 aromatic heterocycles. The van der Waals surface area contributed by atoms with Crippen molar-refractivity contribution in [2.24, 2.45) is 0 Å². The van der Waals surface area contributed by atoms with Crippen LogP contribution in [0.1, 0.15) is 20.9 Å². The summed E-state index contributed by atoms with van der Waals surface area (Å²) in [6, 6.07) is 8.10. The Morgan fingerprint density at radius 2 is 2.15 bits per heavy atom. The van der Waals surface area contributed by atoms with Crippen LogP contribution >= 0.6 is 23.1 Å². The van der Waals surface area contributed by atoms with E-state index in [4.69, 9.17) is 5.11 Å². The number of hydrogen-bond donors (Lipinski definition) is 1. The highest BCUT2D eigenvalue weighted by Gasteiger charge is 2.14. The number of thioether (sulfide) groups is 1. The zero-order chi connectivity index (χ0) is 14.5. The minimum atomic E-state index is -0.913. The molecule has 0 fully saturated rings. The van der Waals surface area contributed by atoms with Crippen LogP contribution in [0, 0.1) is 6.92 Å². The predicted octanol–water partition coefficient (Wildman–Crippen LogP) is 4.24. The van der Waals surface area contributed by atoms with Crippen molar-refractivity contribution in [1.29, 1.82) is 0 Å². The molecule has 1 N–H and O–H groups in total. The maximum Gasteiger partial charge on any atom is 0.347 e. The van der Waals surface area contributed by atoms with Gasteiger partial charge in [0.25, 0.3) is 0 Å². The summed E-state index contributed by atoms with van der Waals surface area (Å²) < 4.78 is 0. The molecule has 0 aliphatic heterocycles. The topological polar surface area (TPSA) is 50.2 Å². The van der Waals surface area contributed by atoms with Crippen LogP contribution < -0.4 is 0 Å². The Morgan fingerprint density at radius 1 is 1.45 bits per heavy atom. The van der Waals surface area contributed by atoms with Gasteiger partial charge in [0, 0.05) is 17.1 Å². The first-order valence-corrected chi connectivity index (χ1v) is 8.07. The van der Waals surface area contributed by atoms with Gasteiger partial charge in [0.1, 0.15) is 9.88 Å². The highest BCUT2D eigenvalue weighted by Crippen LogP contribution is 2.28. The quantitative estimate of drug-likeness (QED) is 0.641. The Bertz CT molecular complexity index is 617. The fourth-order valence-electron chi connectivity index (χ4n) is 1.72. The number of benzene rings is 1. The molecule has 0 unspecified atom stereocenters. The lowest BCUT2D eigenvalue weighted by Crippen LogP contribution is -1.94. The van der Waals surface area contributed by atoms with Crippen LogP contribution in [0.15, 0.2) is 36.9 Å². The molecule has 0 aliphatic carbocycles. The predicted molar refractivity (Wildman–Crippen MR) is 85.6 cm³/mol. The van der Waals surface area contributed by atoms with Gasteiger partial charge in [-0.05, 0) is 12.5 Å². The molecular weight excluding hydrogens is 290 g/mol. The summed E-state index contributed by atoms with van der Waals surface area (Å²) in [5, 5.41) is 9.80. The van der Waals surface area contributed by atoms with Crippen molar-refractivity contribution in [3.8, 4) is 10.6 Å². The van der Waals surface area contributed by atoms with Crippen molar-refractivity contribution in [3.63, 3.8) is 0 Å². The fraction of sp³-hybridized carbons (Fsp3) is 0.200. The second-order valence-electron chi connectivity index (χ2n) is 4.24. The van der Waals surface area contributed by atoms with E-state index in [2.05, 4.69) is 23.7 Å². The van der Waals surface area contributed by atoms with Crippen LogP contribution in [-0.4, -0.2) is 21.8 Å². The van der Waals surface area contributed by atoms with Gasteiger partial charge in [-0.2, -0.15) is 11.8 Å². The zero-order valence-corrected chi connectivity index (χ0v) is 12.8. The second-order valence-corrected chi connectivity index (χ2v) is 6.27. The molecule has 0 radical (unpaired) electrons. The van der Waals surface area contributed by atoms with Gasteiger partial charge in [0.15, 0.2) is 0 Å². The van der Waals surface area contributed by atoms with Gasteiger partial charge < -0.3 is 5.11 Å². The summed E-state index contributed by atoms with van der Waals surface area (Å²) in [4.78, 5) is 15.7. The van der Waals surface area contributed by atoms with E-state index in [0.717, 1.165) is 22.1 Å². The Kier molecular flexibility index (Phi) is 4.98. The molecule has 0 bridgehead atoms. The Balaban J connectivity index is 2.15. The molecule has 20 heavy (non-hydrogen) atoms. The third-order valence-electron chi connectivity index (χ3n) is 2.70. The van der Waals surface area contributed by atoms with Crippen molar-refractivity contribution in [3.05, 3.63) is 53.1 Å². The van der Waals surface area contributed by atoms with Crippen LogP contribution in [0.25, 0.3) is 10.6 Å². The largest absolute Gasteiger partial charge is 0.477 e. The molecule has 0 aliphatic rings. The van der Waals surface area contributed by atoms with E-state index in [1.54, 1.807) is 6.92 Å². The molecule has 2 rings (SSSR count). The minimum absolute atomic E-state index is 0.311. The van der Waals surface area contributed by atoms with E-state index in [9.17, 15) is 4.79 Å². The monoisotopic (exact) mass is 305 g/mol. The van der Waals surface area contributed by atoms with Crippen molar-refractivity contribution in [2.45, 2.75) is 12.7 Å². The molecule has 2 aromatic rings. The zero-order valence-electron chi connectivity index (χ0n) is 11.1. The van der Waals surface area contributed by atoms with Crippen molar-refractivity contribution < 1.29 is 9.90 Å². The smallest absolute Gasteiger partial charge is 0.347 e. The van der Waals surface area contributed by atoms with Crippen molar-refractivity contribution >= 4 is 29.1 Å². The summed E-state index contributed by atoms with van der Waals surface area (Å²) in [5.74, 6) is 0.975. The van der Waals surface area contributed by atoms with E-state index < -0.39 is 5.97 Å². The maximum atomic E-state index is 11.0. The lowest BCUT2D eigenvalue weighted by atomic mass is 10.2. The first kappa shape index (κ1) is 14.8. The number of thiazole rings is 1. The lowest BCUT2D eigenvalue weighted by Gasteiger charge is -2.01. The summed E-state index contributed by atoms with van der Waals surface area (Å²) in [6.45, 7) is 5.42. The van der Waals surface area contributed by atoms with Crippen molar-refractivity contribution in [1.82, 2.24) is 4.98 Å². The summed E-state index contributed by atoms with van der Waals surface area (Å²) in [6.07, 6.45) is 1.89. The number of aryl methyl sites for hydroxylation is 1. The maximum absolute atomic E-state index is 11.0. The molecule has 5 heteroatoms. The lowest BCUT2D eigenvalue weighted by molar-refractivity contribution is 0.0701. The number of carbonyl (C=O) groups is 1. The molecular formula is C15H15NO2S2. The molecule has 0 saturated heterocycles. The number of hydrogen-bond acceptors (Lipinski definition) is 4. The van der Waals surface area contributed by atoms with Crippen LogP contribution in [0.3, 0.4) is 0 Å². The summed E-state index contributed by atoms with van der Waals surface area (Å²) in [7, 11) is 0.